The van der Waals surface area contributed by atoms with E-state index >= 15 is 0 Å². The maximum Gasteiger partial charge on any atom is 0.235 e. The Balaban J connectivity index is 1.28. The molecular weight excluding hydrogens is 657 g/mol. The molecule has 9 aromatic carbocycles. The molecule has 0 fully saturated rings. The van der Waals surface area contributed by atoms with E-state index in [4.69, 9.17) is 9.97 Å². The molecule has 0 atom stereocenters. The molecule has 4 nitrogen and oxygen atoms in total. The molecule has 4 aromatic heterocycles. The number of hydrogen-bond acceptors (Lipinski definition) is 2. The zero-order valence-electron chi connectivity index (χ0n) is 29.0. The highest BCUT2D eigenvalue weighted by Crippen LogP contribution is 2.48. The average Bonchev–Trinajstić information content (AvgIpc) is 3.88. The van der Waals surface area contributed by atoms with Gasteiger partial charge in [-0.3, -0.25) is 4.57 Å². The molecule has 0 N–H and O–H groups in total. The molecule has 13 aromatic rings. The van der Waals surface area contributed by atoms with Gasteiger partial charge in [-0.05, 0) is 63.3 Å². The minimum atomic E-state index is 0.667. The standard InChI is InChI=1S/C50H28N4/c1-2-14-32-27-33(22-21-29(32)11-1)46-38-25-23-31-13-4-6-16-35(31)47(38)52-50(51-46)54-42-20-10-8-18-37(42)40-28-39-36-17-7-9-19-41(36)53-43-26-24-30-12-3-5-15-34(30)44(43)45(48(39)53)49(40)54/h1-28H. The number of rotatable bonds is 2. The van der Waals surface area contributed by atoms with Crippen LogP contribution in [0.2, 0.25) is 0 Å². The Hall–Kier alpha value is -7.30. The summed E-state index contributed by atoms with van der Waals surface area (Å²) in [4.78, 5) is 11.2. The second-order valence-corrected chi connectivity index (χ2v) is 14.5. The van der Waals surface area contributed by atoms with Gasteiger partial charge in [0.2, 0.25) is 5.95 Å². The van der Waals surface area contributed by atoms with Crippen LogP contribution in [0.15, 0.2) is 170 Å². The van der Waals surface area contributed by atoms with Crippen molar-refractivity contribution >= 4 is 103 Å². The number of para-hydroxylation sites is 2. The van der Waals surface area contributed by atoms with Gasteiger partial charge in [0.1, 0.15) is 0 Å². The molecule has 54 heavy (non-hydrogen) atoms. The molecule has 0 aliphatic heterocycles. The number of aromatic nitrogens is 4. The van der Waals surface area contributed by atoms with Crippen molar-refractivity contribution in [3.8, 4) is 17.2 Å². The van der Waals surface area contributed by atoms with E-state index in [1.807, 2.05) is 0 Å². The normalized spacial score (nSPS) is 12.4. The topological polar surface area (TPSA) is 35.1 Å². The summed E-state index contributed by atoms with van der Waals surface area (Å²) in [6, 6.07) is 61.6. The lowest BCUT2D eigenvalue weighted by molar-refractivity contribution is 1.02. The lowest BCUT2D eigenvalue weighted by atomic mass is 9.99. The molecule has 0 unspecified atom stereocenters. The molecular formula is C50H28N4. The van der Waals surface area contributed by atoms with Gasteiger partial charge in [0.25, 0.3) is 0 Å². The maximum absolute atomic E-state index is 5.61. The molecule has 248 valence electrons. The summed E-state index contributed by atoms with van der Waals surface area (Å²) in [5.74, 6) is 0.667. The molecule has 13 rings (SSSR count). The molecule has 4 heteroatoms. The molecule has 0 aliphatic carbocycles. The Morgan fingerprint density at radius 1 is 0.352 bits per heavy atom. The minimum absolute atomic E-state index is 0.667. The summed E-state index contributed by atoms with van der Waals surface area (Å²) in [5, 5.41) is 15.6. The summed E-state index contributed by atoms with van der Waals surface area (Å²) in [5.41, 5.74) is 8.83. The fourth-order valence-corrected chi connectivity index (χ4v) is 9.48. The summed E-state index contributed by atoms with van der Waals surface area (Å²) < 4.78 is 4.84. The average molecular weight is 685 g/mol. The Labute approximate surface area is 308 Å². The lowest BCUT2D eigenvalue weighted by Crippen LogP contribution is -2.04. The van der Waals surface area contributed by atoms with Gasteiger partial charge < -0.3 is 4.40 Å². The zero-order valence-corrected chi connectivity index (χ0v) is 29.0. The van der Waals surface area contributed by atoms with Crippen molar-refractivity contribution in [3.63, 3.8) is 0 Å². The number of nitrogens with zero attached hydrogens (tertiary/aromatic N) is 4. The number of benzene rings is 9. The van der Waals surface area contributed by atoms with Gasteiger partial charge in [-0.2, -0.15) is 0 Å². The van der Waals surface area contributed by atoms with Gasteiger partial charge >= 0.3 is 0 Å². The van der Waals surface area contributed by atoms with E-state index in [1.54, 1.807) is 0 Å². The van der Waals surface area contributed by atoms with Crippen LogP contribution in [0.4, 0.5) is 0 Å². The molecule has 4 heterocycles. The predicted molar refractivity (Wildman–Crippen MR) is 226 cm³/mol. The second kappa shape index (κ2) is 10.2. The van der Waals surface area contributed by atoms with Crippen molar-refractivity contribution in [1.29, 1.82) is 0 Å². The zero-order chi connectivity index (χ0) is 35.1. The first-order chi connectivity index (χ1) is 26.8. The van der Waals surface area contributed by atoms with Crippen LogP contribution < -0.4 is 0 Å². The van der Waals surface area contributed by atoms with Gasteiger partial charge in [-0.1, -0.05) is 133 Å². The molecule has 0 spiro atoms. The van der Waals surface area contributed by atoms with Gasteiger partial charge in [-0.15, -0.1) is 0 Å². The van der Waals surface area contributed by atoms with E-state index in [0.717, 1.165) is 44.0 Å². The van der Waals surface area contributed by atoms with E-state index in [9.17, 15) is 0 Å². The molecule has 0 amide bonds. The minimum Gasteiger partial charge on any atom is -0.308 e. The smallest absolute Gasteiger partial charge is 0.235 e. The fraction of sp³-hybridized carbons (Fsp3) is 0. The molecule has 0 saturated heterocycles. The Bertz CT molecular complexity index is 3740. The third-order valence-electron chi connectivity index (χ3n) is 11.8. The summed E-state index contributed by atoms with van der Waals surface area (Å²) in [7, 11) is 0. The first-order valence-electron chi connectivity index (χ1n) is 18.5. The lowest BCUT2D eigenvalue weighted by Gasteiger charge is -2.14. The van der Waals surface area contributed by atoms with Crippen LogP contribution in [-0.2, 0) is 0 Å². The third-order valence-corrected chi connectivity index (χ3v) is 11.8. The molecule has 0 bridgehead atoms. The maximum atomic E-state index is 5.61. The Morgan fingerprint density at radius 3 is 1.80 bits per heavy atom. The van der Waals surface area contributed by atoms with Crippen LogP contribution in [0.3, 0.4) is 0 Å². The van der Waals surface area contributed by atoms with E-state index in [0.29, 0.717) is 5.95 Å². The largest absolute Gasteiger partial charge is 0.308 e. The van der Waals surface area contributed by atoms with Gasteiger partial charge in [0.05, 0.1) is 38.8 Å². The first kappa shape index (κ1) is 28.3. The summed E-state index contributed by atoms with van der Waals surface area (Å²) in [6.45, 7) is 0. The monoisotopic (exact) mass is 684 g/mol. The van der Waals surface area contributed by atoms with Crippen LogP contribution in [0, 0.1) is 0 Å². The van der Waals surface area contributed by atoms with E-state index in [1.165, 1.54) is 70.4 Å². The van der Waals surface area contributed by atoms with Crippen LogP contribution >= 0.6 is 0 Å². The van der Waals surface area contributed by atoms with Crippen molar-refractivity contribution < 1.29 is 0 Å². The van der Waals surface area contributed by atoms with Gasteiger partial charge in [0, 0.05) is 48.7 Å². The van der Waals surface area contributed by atoms with Crippen molar-refractivity contribution in [3.05, 3.63) is 170 Å². The van der Waals surface area contributed by atoms with Crippen LogP contribution in [-0.4, -0.2) is 18.9 Å². The van der Waals surface area contributed by atoms with E-state index in [2.05, 4.69) is 179 Å². The second-order valence-electron chi connectivity index (χ2n) is 14.5. The molecule has 0 radical (unpaired) electrons. The SMILES string of the molecule is c1ccc2cc(-c3nc(-n4c5ccccc5c5cc6c7ccccc7n7c8ccc9ccccc9c8c(c54)c67)nc4c3ccc3ccccc34)ccc2c1. The van der Waals surface area contributed by atoms with Crippen LogP contribution in [0.1, 0.15) is 0 Å². The van der Waals surface area contributed by atoms with Crippen molar-refractivity contribution in [2.75, 3.05) is 0 Å². The predicted octanol–water partition coefficient (Wildman–Crippen LogP) is 13.0. The Kier molecular flexibility index (Phi) is 5.34. The number of hydrogen-bond donors (Lipinski definition) is 0. The van der Waals surface area contributed by atoms with Gasteiger partial charge in [-0.25, -0.2) is 9.97 Å². The summed E-state index contributed by atoms with van der Waals surface area (Å²) >= 11 is 0. The molecule has 0 aliphatic rings. The highest BCUT2D eigenvalue weighted by atomic mass is 15.2. The van der Waals surface area contributed by atoms with Gasteiger partial charge in [0.15, 0.2) is 0 Å². The molecule has 0 saturated carbocycles. The van der Waals surface area contributed by atoms with Crippen molar-refractivity contribution in [2.24, 2.45) is 0 Å². The van der Waals surface area contributed by atoms with Crippen molar-refractivity contribution in [2.45, 2.75) is 0 Å². The van der Waals surface area contributed by atoms with Crippen molar-refractivity contribution in [1.82, 2.24) is 18.9 Å². The van der Waals surface area contributed by atoms with E-state index in [-0.39, 0.29) is 0 Å². The summed E-state index contributed by atoms with van der Waals surface area (Å²) in [6.07, 6.45) is 0. The first-order valence-corrected chi connectivity index (χ1v) is 18.5. The fourth-order valence-electron chi connectivity index (χ4n) is 9.48. The quantitative estimate of drug-likeness (QED) is 0.170. The third kappa shape index (κ3) is 3.57. The highest BCUT2D eigenvalue weighted by molar-refractivity contribution is 6.37. The van der Waals surface area contributed by atoms with E-state index < -0.39 is 0 Å². The number of fused-ring (bicyclic) bond motifs is 16. The Morgan fingerprint density at radius 2 is 0.963 bits per heavy atom. The van der Waals surface area contributed by atoms with Crippen LogP contribution in [0.5, 0.6) is 0 Å². The van der Waals surface area contributed by atoms with Crippen LogP contribution in [0.25, 0.3) is 120 Å². The highest BCUT2D eigenvalue weighted by Gasteiger charge is 2.26.